The minimum Gasteiger partial charge on any atom is -0.497 e. The molecule has 1 aromatic heterocycles. The molecule has 2 aromatic carbocycles. The van der Waals surface area contributed by atoms with Crippen LogP contribution in [-0.4, -0.2) is 48.1 Å². The lowest BCUT2D eigenvalue weighted by Gasteiger charge is -2.18. The fourth-order valence-corrected chi connectivity index (χ4v) is 4.21. The van der Waals surface area contributed by atoms with E-state index in [1.54, 1.807) is 18.2 Å². The van der Waals surface area contributed by atoms with Crippen LogP contribution in [0.15, 0.2) is 60.8 Å². The fraction of sp³-hybridized carbons (Fsp3) is 0.296. The van der Waals surface area contributed by atoms with Crippen molar-refractivity contribution in [1.82, 2.24) is 15.2 Å². The standard InChI is InChI=1S/C27H28N4O3/c1-18-6-7-20(26(32)29-22-9-10-22)15-24(18)21-8-11-25(28-16-21)31-13-12-30(27(31)33)17-19-4-3-5-23(14-19)34-2/h3-8,11,14-16,22H,9-10,12-13,17H2,1-2H3,(H,29,32). The van der Waals surface area contributed by atoms with Gasteiger partial charge in [0.15, 0.2) is 0 Å². The molecule has 0 spiro atoms. The number of nitrogens with one attached hydrogen (secondary N) is 1. The molecule has 0 radical (unpaired) electrons. The van der Waals surface area contributed by atoms with E-state index in [2.05, 4.69) is 10.3 Å². The Morgan fingerprint density at radius 1 is 1.12 bits per heavy atom. The second kappa shape index (κ2) is 9.17. The SMILES string of the molecule is COc1cccc(CN2CCN(c3ccc(-c4cc(C(=O)NC5CC5)ccc4C)cn3)C2=O)c1. The number of benzene rings is 2. The molecule has 2 fully saturated rings. The number of amides is 3. The Kier molecular flexibility index (Phi) is 5.92. The second-order valence-electron chi connectivity index (χ2n) is 8.89. The van der Waals surface area contributed by atoms with Crippen molar-refractivity contribution in [2.45, 2.75) is 32.4 Å². The van der Waals surface area contributed by atoms with Crippen LogP contribution in [0.4, 0.5) is 10.6 Å². The molecule has 3 aromatic rings. The van der Waals surface area contributed by atoms with E-state index in [0.717, 1.165) is 40.8 Å². The Morgan fingerprint density at radius 3 is 2.71 bits per heavy atom. The average molecular weight is 457 g/mol. The molecular weight excluding hydrogens is 428 g/mol. The Hall–Kier alpha value is -3.87. The number of urea groups is 1. The first-order valence-corrected chi connectivity index (χ1v) is 11.6. The van der Waals surface area contributed by atoms with Crippen LogP contribution in [0.3, 0.4) is 0 Å². The summed E-state index contributed by atoms with van der Waals surface area (Å²) in [5, 5.41) is 3.04. The zero-order valence-electron chi connectivity index (χ0n) is 19.5. The van der Waals surface area contributed by atoms with Crippen LogP contribution < -0.4 is 15.0 Å². The van der Waals surface area contributed by atoms with Crippen LogP contribution in [0.5, 0.6) is 5.75 Å². The van der Waals surface area contributed by atoms with Gasteiger partial charge in [0.25, 0.3) is 5.91 Å². The number of ether oxygens (including phenoxy) is 1. The van der Waals surface area contributed by atoms with Gasteiger partial charge in [0.2, 0.25) is 0 Å². The van der Waals surface area contributed by atoms with Crippen molar-refractivity contribution in [1.29, 1.82) is 0 Å². The molecule has 2 aliphatic rings. The third-order valence-corrected chi connectivity index (χ3v) is 6.35. The first-order chi connectivity index (χ1) is 16.5. The summed E-state index contributed by atoms with van der Waals surface area (Å²) in [6, 6.07) is 17.6. The number of methoxy groups -OCH3 is 1. The van der Waals surface area contributed by atoms with Crippen LogP contribution in [-0.2, 0) is 6.54 Å². The van der Waals surface area contributed by atoms with Gasteiger partial charge in [-0.05, 0) is 72.9 Å². The summed E-state index contributed by atoms with van der Waals surface area (Å²) in [6.45, 7) is 3.77. The molecule has 1 N–H and O–H groups in total. The van der Waals surface area contributed by atoms with Crippen molar-refractivity contribution in [3.63, 3.8) is 0 Å². The summed E-state index contributed by atoms with van der Waals surface area (Å²) < 4.78 is 5.29. The molecule has 34 heavy (non-hydrogen) atoms. The minimum atomic E-state index is -0.0574. The van der Waals surface area contributed by atoms with Crippen LogP contribution >= 0.6 is 0 Å². The maximum absolute atomic E-state index is 13.0. The van der Waals surface area contributed by atoms with Gasteiger partial charge in [-0.1, -0.05) is 18.2 Å². The normalized spacial score (nSPS) is 15.5. The van der Waals surface area contributed by atoms with Crippen molar-refractivity contribution in [3.05, 3.63) is 77.5 Å². The number of anilines is 1. The van der Waals surface area contributed by atoms with Crippen LogP contribution in [0.2, 0.25) is 0 Å². The summed E-state index contributed by atoms with van der Waals surface area (Å²) >= 11 is 0. The van der Waals surface area contributed by atoms with Gasteiger partial charge >= 0.3 is 6.03 Å². The van der Waals surface area contributed by atoms with Gasteiger partial charge in [-0.15, -0.1) is 0 Å². The first kappa shape index (κ1) is 21.9. The number of carbonyl (C=O) groups is 2. The van der Waals surface area contributed by atoms with Gasteiger partial charge in [0.1, 0.15) is 11.6 Å². The number of aromatic nitrogens is 1. The lowest BCUT2D eigenvalue weighted by atomic mass is 9.99. The molecule has 0 unspecified atom stereocenters. The smallest absolute Gasteiger partial charge is 0.326 e. The minimum absolute atomic E-state index is 0.0351. The topological polar surface area (TPSA) is 74.8 Å². The van der Waals surface area contributed by atoms with Crippen molar-refractivity contribution in [3.8, 4) is 16.9 Å². The van der Waals surface area contributed by atoms with Crippen LogP contribution in [0, 0.1) is 6.92 Å². The van der Waals surface area contributed by atoms with Crippen molar-refractivity contribution < 1.29 is 14.3 Å². The number of rotatable bonds is 7. The zero-order valence-corrected chi connectivity index (χ0v) is 19.5. The van der Waals surface area contributed by atoms with Crippen molar-refractivity contribution in [2.75, 3.05) is 25.1 Å². The third kappa shape index (κ3) is 4.59. The van der Waals surface area contributed by atoms with Crippen LogP contribution in [0.1, 0.15) is 34.3 Å². The summed E-state index contributed by atoms with van der Waals surface area (Å²) in [6.07, 6.45) is 3.89. The maximum atomic E-state index is 13.0. The second-order valence-corrected chi connectivity index (χ2v) is 8.89. The van der Waals surface area contributed by atoms with Gasteiger partial charge in [-0.2, -0.15) is 0 Å². The monoisotopic (exact) mass is 456 g/mol. The van der Waals surface area contributed by atoms with E-state index in [9.17, 15) is 9.59 Å². The van der Waals surface area contributed by atoms with E-state index >= 15 is 0 Å². The van der Waals surface area contributed by atoms with Gasteiger partial charge in [0, 0.05) is 43.0 Å². The highest BCUT2D eigenvalue weighted by Gasteiger charge is 2.30. The molecule has 7 nitrogen and oxygen atoms in total. The molecule has 174 valence electrons. The maximum Gasteiger partial charge on any atom is 0.326 e. The average Bonchev–Trinajstić information content (AvgIpc) is 3.61. The van der Waals surface area contributed by atoms with Crippen molar-refractivity contribution >= 4 is 17.8 Å². The van der Waals surface area contributed by atoms with E-state index in [1.165, 1.54) is 0 Å². The highest BCUT2D eigenvalue weighted by Crippen LogP contribution is 2.28. The van der Waals surface area contributed by atoms with E-state index in [-0.39, 0.29) is 11.9 Å². The molecule has 1 saturated carbocycles. The highest BCUT2D eigenvalue weighted by molar-refractivity contribution is 5.96. The number of pyridine rings is 1. The fourth-order valence-electron chi connectivity index (χ4n) is 4.21. The molecule has 7 heteroatoms. The zero-order chi connectivity index (χ0) is 23.7. The first-order valence-electron chi connectivity index (χ1n) is 11.6. The number of hydrogen-bond acceptors (Lipinski definition) is 4. The van der Waals surface area contributed by atoms with E-state index in [1.807, 2.05) is 66.4 Å². The molecular formula is C27H28N4O3. The molecule has 5 rings (SSSR count). The predicted molar refractivity (Wildman–Crippen MR) is 131 cm³/mol. The molecule has 1 aliphatic carbocycles. The van der Waals surface area contributed by atoms with Crippen LogP contribution in [0.25, 0.3) is 11.1 Å². The molecule has 3 amide bonds. The number of hydrogen-bond donors (Lipinski definition) is 1. The highest BCUT2D eigenvalue weighted by atomic mass is 16.5. The Balaban J connectivity index is 1.29. The number of carbonyl (C=O) groups excluding carboxylic acids is 2. The van der Waals surface area contributed by atoms with E-state index < -0.39 is 0 Å². The van der Waals surface area contributed by atoms with E-state index in [0.29, 0.717) is 37.1 Å². The summed E-state index contributed by atoms with van der Waals surface area (Å²) in [4.78, 5) is 33.6. The molecule has 1 aliphatic heterocycles. The van der Waals surface area contributed by atoms with Gasteiger partial charge < -0.3 is 15.0 Å². The summed E-state index contributed by atoms with van der Waals surface area (Å²) in [7, 11) is 1.64. The van der Waals surface area contributed by atoms with Gasteiger partial charge in [0.05, 0.1) is 7.11 Å². The predicted octanol–water partition coefficient (Wildman–Crippen LogP) is 4.40. The van der Waals surface area contributed by atoms with Gasteiger partial charge in [-0.25, -0.2) is 9.78 Å². The number of nitrogens with zero attached hydrogens (tertiary/aromatic N) is 3. The Morgan fingerprint density at radius 2 is 1.97 bits per heavy atom. The van der Waals surface area contributed by atoms with Gasteiger partial charge in [-0.3, -0.25) is 9.69 Å². The third-order valence-electron chi connectivity index (χ3n) is 6.35. The largest absolute Gasteiger partial charge is 0.497 e. The molecule has 1 saturated heterocycles. The Labute approximate surface area is 199 Å². The summed E-state index contributed by atoms with van der Waals surface area (Å²) in [5.74, 6) is 1.37. The molecule has 0 atom stereocenters. The lowest BCUT2D eigenvalue weighted by molar-refractivity contribution is 0.0951. The quantitative estimate of drug-likeness (QED) is 0.572. The lowest BCUT2D eigenvalue weighted by Crippen LogP contribution is -2.31. The molecule has 0 bridgehead atoms. The Bertz CT molecular complexity index is 1220. The number of aryl methyl sites for hydroxylation is 1. The summed E-state index contributed by atoms with van der Waals surface area (Å²) in [5.41, 5.74) is 4.63. The van der Waals surface area contributed by atoms with E-state index in [4.69, 9.17) is 4.74 Å². The van der Waals surface area contributed by atoms with Crippen molar-refractivity contribution in [2.24, 2.45) is 0 Å². The molecule has 2 heterocycles.